The van der Waals surface area contributed by atoms with Gasteiger partial charge in [-0.25, -0.2) is 0 Å². The molecule has 0 aliphatic rings. The first-order chi connectivity index (χ1) is 57.5. The smallest absolute Gasteiger partial charge is 0.00000226 e. The van der Waals surface area contributed by atoms with E-state index >= 15 is 0 Å². The van der Waals surface area contributed by atoms with Gasteiger partial charge in [-0.15, -0.1) is 0 Å². The Morgan fingerprint density at radius 1 is 0.110 bits per heavy atom. The summed E-state index contributed by atoms with van der Waals surface area (Å²) in [6.45, 7) is 27.5. The average Bonchev–Trinajstić information content (AvgIpc) is 0.642. The Hall–Kier alpha value is -13.8. The Kier molecular flexibility index (Phi) is 10.6. The van der Waals surface area contributed by atoms with Crippen LogP contribution in [0.4, 0.5) is 0 Å². The molecule has 544 valence electrons. The van der Waals surface area contributed by atoms with Crippen LogP contribution in [0.2, 0.25) is 0 Å². The number of hydrogen-bond acceptors (Lipinski definition) is 0. The molecular formula is C118H72. The first kappa shape index (κ1) is 62.6. The van der Waals surface area contributed by atoms with Gasteiger partial charge >= 0.3 is 0 Å². The molecule has 0 heteroatoms. The van der Waals surface area contributed by atoms with Crippen molar-refractivity contribution in [3.8, 4) is 44.5 Å². The summed E-state index contributed by atoms with van der Waals surface area (Å²) in [5.41, 5.74) is 27.2. The highest BCUT2D eigenvalue weighted by Gasteiger charge is 2.38. The standard InChI is InChI=1S/C60H36.C58H36/c1-25-19-27(3)41(28(4)20-25)49-37-15-11-31-7-9-33-24-36-14-18-40-50(42-29(5)21-26(2)22-30(42)6)38-16-12-32-8-10-34-23-35-13-17-39(49)53-47(35)55-46(34)44(32)52(38)58-54(40)48(36)56-45(33)43(31)51(37)57(53)59(56)60(55)58;1-25-20-27(3)41(28(4)21-25)48-37-9-7-8-35-36-16-12-32-14-18-39-49(42-29(5)22-26(2)23-30(42)6)38-17-13-31-10-11-33-24-34-15-19-40(48)53-46(34)54-45(33)43(31)51(38)56-52(39)44(32)50(36)57(58(54)56)55(53)47(35)37/h7-24H,1-6H3;7-24H,1-6H3. The predicted octanol–water partition coefficient (Wildman–Crippen LogP) is 34.1. The summed E-state index contributed by atoms with van der Waals surface area (Å²) >= 11 is 0. The van der Waals surface area contributed by atoms with Crippen molar-refractivity contribution in [2.45, 2.75) is 83.1 Å². The lowest BCUT2D eigenvalue weighted by Gasteiger charge is -2.31. The molecule has 0 saturated heterocycles. The third-order valence-electron chi connectivity index (χ3n) is 30.7. The fourth-order valence-corrected chi connectivity index (χ4v) is 27.5. The Balaban J connectivity index is 0.000000118. The first-order valence-corrected chi connectivity index (χ1v) is 42.6. The molecule has 0 atom stereocenters. The number of benzene rings is 31. The van der Waals surface area contributed by atoms with E-state index < -0.39 is 0 Å². The zero-order valence-electron chi connectivity index (χ0n) is 67.8. The Labute approximate surface area is 677 Å². The number of fused-ring (bicyclic) bond motifs is 1. The predicted molar refractivity (Wildman–Crippen MR) is 517 cm³/mol. The van der Waals surface area contributed by atoms with Crippen molar-refractivity contribution in [2.24, 2.45) is 0 Å². The molecule has 0 unspecified atom stereocenters. The second kappa shape index (κ2) is 20.0. The van der Waals surface area contributed by atoms with Crippen molar-refractivity contribution in [2.75, 3.05) is 0 Å². The molecule has 0 spiro atoms. The monoisotopic (exact) mass is 1490 g/mol. The van der Waals surface area contributed by atoms with Crippen LogP contribution in [0.1, 0.15) is 66.8 Å². The van der Waals surface area contributed by atoms with Gasteiger partial charge in [0.25, 0.3) is 0 Å². The van der Waals surface area contributed by atoms with Crippen LogP contribution in [-0.4, -0.2) is 0 Å². The second-order valence-corrected chi connectivity index (χ2v) is 37.2. The number of rotatable bonds is 4. The van der Waals surface area contributed by atoms with Crippen molar-refractivity contribution < 1.29 is 0 Å². The molecule has 0 amide bonds. The SMILES string of the molecule is Cc1cc(C)c(-c2c3ccc4ccc5cc6ccc7c(-c8c(C)cc(C)cc8C)c8ccc9ccc%10cc%11ccc2c2c%11c%11c%10c9c8c8c7c6c6c5c4c3c2c6c%118)c(C)c1.Cc1cc(C)c(-c2c3cccc4c5ccc6ccc7c(-c8c(C)cc(C)cc8C)c8ccc9ccc%10cc%11ccc2c2c%11c%11c%10c9c8c8c7c6c5c(c2c34)c%118)c(C)c1. The summed E-state index contributed by atoms with van der Waals surface area (Å²) in [6, 6.07) is 87.4. The minimum atomic E-state index is 1.32. The summed E-state index contributed by atoms with van der Waals surface area (Å²) < 4.78 is 0. The lowest BCUT2D eigenvalue weighted by Crippen LogP contribution is -2.03. The maximum Gasteiger partial charge on any atom is -0.00000226 e. The summed E-state index contributed by atoms with van der Waals surface area (Å²) in [7, 11) is 0. The normalized spacial score (nSPS) is 13.4. The largest absolute Gasteiger partial charge is 0.0610 e. The van der Waals surface area contributed by atoms with E-state index in [1.54, 1.807) is 0 Å². The summed E-state index contributed by atoms with van der Waals surface area (Å²) in [4.78, 5) is 0. The molecule has 31 rings (SSSR count). The summed E-state index contributed by atoms with van der Waals surface area (Å²) in [6.07, 6.45) is 0. The van der Waals surface area contributed by atoms with E-state index in [1.165, 1.54) is 381 Å². The molecule has 0 aliphatic carbocycles. The van der Waals surface area contributed by atoms with E-state index in [0.717, 1.165) is 0 Å². The highest BCUT2D eigenvalue weighted by molar-refractivity contribution is 6.65. The van der Waals surface area contributed by atoms with Gasteiger partial charge in [0, 0.05) is 0 Å². The fourth-order valence-electron chi connectivity index (χ4n) is 27.5. The van der Waals surface area contributed by atoms with Gasteiger partial charge in [0.15, 0.2) is 0 Å². The Bertz CT molecular complexity index is 9600. The molecule has 118 heavy (non-hydrogen) atoms. The molecule has 0 fully saturated rings. The van der Waals surface area contributed by atoms with Crippen LogP contribution in [0.25, 0.3) is 314 Å². The zero-order chi connectivity index (χ0) is 77.9. The highest BCUT2D eigenvalue weighted by Crippen LogP contribution is 2.66. The minimum Gasteiger partial charge on any atom is -0.0610 e. The van der Waals surface area contributed by atoms with Crippen LogP contribution < -0.4 is 0 Å². The molecule has 0 heterocycles. The van der Waals surface area contributed by atoms with E-state index in [9.17, 15) is 0 Å². The van der Waals surface area contributed by atoms with E-state index in [0.29, 0.717) is 0 Å². The van der Waals surface area contributed by atoms with Crippen molar-refractivity contribution in [3.63, 3.8) is 0 Å². The Morgan fingerprint density at radius 3 is 0.542 bits per heavy atom. The van der Waals surface area contributed by atoms with Gasteiger partial charge in [-0.3, -0.25) is 0 Å². The molecule has 31 aromatic carbocycles. The van der Waals surface area contributed by atoms with Crippen LogP contribution in [0.15, 0.2) is 218 Å². The van der Waals surface area contributed by atoms with Gasteiger partial charge in [0.1, 0.15) is 0 Å². The van der Waals surface area contributed by atoms with Crippen molar-refractivity contribution in [1.29, 1.82) is 0 Å². The van der Waals surface area contributed by atoms with Crippen LogP contribution in [-0.2, 0) is 0 Å². The number of hydrogen-bond donors (Lipinski definition) is 0. The van der Waals surface area contributed by atoms with Crippen molar-refractivity contribution in [1.82, 2.24) is 0 Å². The molecule has 0 aromatic heterocycles. The van der Waals surface area contributed by atoms with E-state index in [4.69, 9.17) is 0 Å². The van der Waals surface area contributed by atoms with Gasteiger partial charge in [-0.2, -0.15) is 0 Å². The maximum absolute atomic E-state index is 2.52. The first-order valence-electron chi connectivity index (χ1n) is 42.6. The summed E-state index contributed by atoms with van der Waals surface area (Å²) in [5.74, 6) is 0. The van der Waals surface area contributed by atoms with Crippen LogP contribution >= 0.6 is 0 Å². The molecule has 0 bridgehead atoms. The van der Waals surface area contributed by atoms with Gasteiger partial charge in [-0.05, 0) is 460 Å². The van der Waals surface area contributed by atoms with Crippen LogP contribution in [0.5, 0.6) is 0 Å². The Morgan fingerprint density at radius 2 is 0.263 bits per heavy atom. The maximum atomic E-state index is 2.52. The molecule has 31 aromatic rings. The summed E-state index contributed by atoms with van der Waals surface area (Å²) in [5, 5.41) is 70.6. The lowest BCUT2D eigenvalue weighted by molar-refractivity contribution is 1.33. The molecule has 0 N–H and O–H groups in total. The molecule has 0 nitrogen and oxygen atoms in total. The van der Waals surface area contributed by atoms with Crippen molar-refractivity contribution >= 4 is 269 Å². The molecule has 0 radical (unpaired) electrons. The molecule has 0 saturated carbocycles. The van der Waals surface area contributed by atoms with Gasteiger partial charge in [0.05, 0.1) is 0 Å². The fraction of sp³-hybridized carbons (Fsp3) is 0.102. The topological polar surface area (TPSA) is 0 Å². The third-order valence-corrected chi connectivity index (χ3v) is 30.7. The highest BCUT2D eigenvalue weighted by atomic mass is 14.4. The van der Waals surface area contributed by atoms with Crippen LogP contribution in [0, 0.1) is 83.1 Å². The van der Waals surface area contributed by atoms with E-state index in [1.807, 2.05) is 0 Å². The van der Waals surface area contributed by atoms with Gasteiger partial charge < -0.3 is 0 Å². The second-order valence-electron chi connectivity index (χ2n) is 37.2. The quantitative estimate of drug-likeness (QED) is 0.122. The van der Waals surface area contributed by atoms with Crippen LogP contribution in [0.3, 0.4) is 0 Å². The van der Waals surface area contributed by atoms with Gasteiger partial charge in [0.2, 0.25) is 0 Å². The van der Waals surface area contributed by atoms with Crippen molar-refractivity contribution in [3.05, 3.63) is 285 Å². The third kappa shape index (κ3) is 6.70. The van der Waals surface area contributed by atoms with E-state index in [-0.39, 0.29) is 0 Å². The average molecular weight is 1490 g/mol. The minimum absolute atomic E-state index is 1.32. The van der Waals surface area contributed by atoms with Gasteiger partial charge in [-0.1, -0.05) is 222 Å². The zero-order valence-corrected chi connectivity index (χ0v) is 67.8. The molecular weight excluding hydrogens is 1420 g/mol. The number of aryl methyl sites for hydroxylation is 12. The lowest BCUT2D eigenvalue weighted by atomic mass is 9.71. The molecule has 0 aliphatic heterocycles. The van der Waals surface area contributed by atoms with E-state index in [2.05, 4.69) is 301 Å².